The van der Waals surface area contributed by atoms with E-state index in [4.69, 9.17) is 10.5 Å². The molecule has 2 aromatic heterocycles. The summed E-state index contributed by atoms with van der Waals surface area (Å²) in [6.45, 7) is 1.92. The van der Waals surface area contributed by atoms with Crippen LogP contribution in [0.5, 0.6) is 11.5 Å². The molecule has 0 saturated heterocycles. The summed E-state index contributed by atoms with van der Waals surface area (Å²) in [6.07, 6.45) is 3.46. The third-order valence-electron chi connectivity index (χ3n) is 3.94. The summed E-state index contributed by atoms with van der Waals surface area (Å²) < 4.78 is 20.0. The molecule has 0 bridgehead atoms. The molecule has 5 nitrogen and oxygen atoms in total. The number of ether oxygens (including phenoxy) is 1. The fourth-order valence-corrected chi connectivity index (χ4v) is 2.63. The number of aromatic amines is 1. The van der Waals surface area contributed by atoms with Gasteiger partial charge in [-0.05, 0) is 37.3 Å². The van der Waals surface area contributed by atoms with Crippen LogP contribution in [0.15, 0.2) is 54.9 Å². The number of aryl methyl sites for hydroxylation is 1. The summed E-state index contributed by atoms with van der Waals surface area (Å²) >= 11 is 0. The lowest BCUT2D eigenvalue weighted by atomic mass is 10.0. The fraction of sp³-hybridized carbons (Fsp3) is 0.0526. The molecule has 0 atom stereocenters. The van der Waals surface area contributed by atoms with E-state index in [-0.39, 0.29) is 5.75 Å². The number of H-pyrrole nitrogens is 1. The first-order valence-corrected chi connectivity index (χ1v) is 7.73. The minimum Gasteiger partial charge on any atom is -0.454 e. The number of rotatable bonds is 3. The second kappa shape index (κ2) is 5.90. The Bertz CT molecular complexity index is 1060. The summed E-state index contributed by atoms with van der Waals surface area (Å²) in [6, 6.07) is 12.0. The highest BCUT2D eigenvalue weighted by Gasteiger charge is 2.13. The Morgan fingerprint density at radius 3 is 2.68 bits per heavy atom. The number of fused-ring (bicyclic) bond motifs is 1. The molecule has 4 aromatic rings. The molecule has 0 radical (unpaired) electrons. The Morgan fingerprint density at radius 1 is 1.04 bits per heavy atom. The van der Waals surface area contributed by atoms with Gasteiger partial charge in [-0.3, -0.25) is 10.1 Å². The Labute approximate surface area is 143 Å². The van der Waals surface area contributed by atoms with Gasteiger partial charge in [-0.15, -0.1) is 0 Å². The van der Waals surface area contributed by atoms with Crippen LogP contribution >= 0.6 is 0 Å². The van der Waals surface area contributed by atoms with Gasteiger partial charge in [0, 0.05) is 40.2 Å². The number of nitrogens with zero attached hydrogens (tertiary/aromatic N) is 2. The summed E-state index contributed by atoms with van der Waals surface area (Å²) in [5.41, 5.74) is 9.38. The van der Waals surface area contributed by atoms with Crippen LogP contribution in [0.3, 0.4) is 0 Å². The molecule has 0 aliphatic carbocycles. The van der Waals surface area contributed by atoms with Gasteiger partial charge in [-0.2, -0.15) is 5.10 Å². The topological polar surface area (TPSA) is 76.8 Å². The summed E-state index contributed by atoms with van der Waals surface area (Å²) in [4.78, 5) is 4.33. The van der Waals surface area contributed by atoms with Crippen LogP contribution in [0, 0.1) is 12.7 Å². The zero-order chi connectivity index (χ0) is 17.4. The van der Waals surface area contributed by atoms with Crippen LogP contribution in [-0.2, 0) is 0 Å². The largest absolute Gasteiger partial charge is 0.454 e. The predicted octanol–water partition coefficient (Wildman–Crippen LogP) is 4.45. The summed E-state index contributed by atoms with van der Waals surface area (Å²) in [7, 11) is 0. The highest BCUT2D eigenvalue weighted by Crippen LogP contribution is 2.37. The molecule has 0 amide bonds. The van der Waals surface area contributed by atoms with E-state index in [0.29, 0.717) is 11.4 Å². The number of benzene rings is 2. The molecule has 4 rings (SSSR count). The third-order valence-corrected chi connectivity index (χ3v) is 3.94. The summed E-state index contributed by atoms with van der Waals surface area (Å²) in [5.74, 6) is 0.113. The van der Waals surface area contributed by atoms with E-state index in [9.17, 15) is 4.39 Å². The number of aromatic nitrogens is 3. The molecular weight excluding hydrogens is 319 g/mol. The van der Waals surface area contributed by atoms with E-state index in [1.807, 2.05) is 31.2 Å². The van der Waals surface area contributed by atoms with E-state index in [1.54, 1.807) is 18.5 Å². The number of pyridine rings is 1. The molecule has 6 heteroatoms. The normalized spacial score (nSPS) is 11.0. The maximum atomic E-state index is 14.1. The molecule has 0 unspecified atom stereocenters. The average molecular weight is 334 g/mol. The van der Waals surface area contributed by atoms with Gasteiger partial charge in [0.05, 0.1) is 11.7 Å². The monoisotopic (exact) mass is 334 g/mol. The molecule has 124 valence electrons. The molecule has 0 spiro atoms. The van der Waals surface area contributed by atoms with Crippen molar-refractivity contribution in [2.24, 2.45) is 0 Å². The third kappa shape index (κ3) is 2.89. The van der Waals surface area contributed by atoms with Gasteiger partial charge in [0.25, 0.3) is 0 Å². The smallest absolute Gasteiger partial charge is 0.167 e. The van der Waals surface area contributed by atoms with E-state index < -0.39 is 5.82 Å². The second-order valence-electron chi connectivity index (χ2n) is 5.79. The van der Waals surface area contributed by atoms with Gasteiger partial charge in [0.2, 0.25) is 0 Å². The minimum absolute atomic E-state index is 0.110. The Kier molecular flexibility index (Phi) is 3.57. The standard InChI is InChI=1S/C19H15FN4O/c1-11-2-3-12(9-22-11)15-8-17-13(10-23-24-17)6-19(15)25-18-5-4-14(21)7-16(18)20/h2-10H,21H2,1H3,(H,23,24). The van der Waals surface area contributed by atoms with Gasteiger partial charge in [-0.25, -0.2) is 4.39 Å². The number of hydrogen-bond acceptors (Lipinski definition) is 4. The number of hydrogen-bond donors (Lipinski definition) is 2. The van der Waals surface area contributed by atoms with Gasteiger partial charge in [0.1, 0.15) is 5.75 Å². The van der Waals surface area contributed by atoms with Crippen molar-refractivity contribution in [2.75, 3.05) is 5.73 Å². The first-order chi connectivity index (χ1) is 12.1. The van der Waals surface area contributed by atoms with Crippen LogP contribution in [0.2, 0.25) is 0 Å². The van der Waals surface area contributed by atoms with Crippen LogP contribution in [0.4, 0.5) is 10.1 Å². The molecule has 0 aliphatic rings. The first-order valence-electron chi connectivity index (χ1n) is 7.73. The van der Waals surface area contributed by atoms with Crippen molar-refractivity contribution in [1.29, 1.82) is 0 Å². The Balaban J connectivity index is 1.85. The molecule has 2 aromatic carbocycles. The van der Waals surface area contributed by atoms with Crippen molar-refractivity contribution in [3.63, 3.8) is 0 Å². The molecule has 0 aliphatic heterocycles. The number of nitrogens with two attached hydrogens (primary N) is 1. The zero-order valence-electron chi connectivity index (χ0n) is 13.5. The molecule has 3 N–H and O–H groups in total. The Hall–Kier alpha value is -3.41. The van der Waals surface area contributed by atoms with Crippen molar-refractivity contribution in [2.45, 2.75) is 6.92 Å². The lowest BCUT2D eigenvalue weighted by Crippen LogP contribution is -1.94. The SMILES string of the molecule is Cc1ccc(-c2cc3[nH]ncc3cc2Oc2ccc(N)cc2F)cn1. The number of anilines is 1. The zero-order valence-corrected chi connectivity index (χ0v) is 13.5. The highest BCUT2D eigenvalue weighted by atomic mass is 19.1. The van der Waals surface area contributed by atoms with Gasteiger partial charge < -0.3 is 10.5 Å². The lowest BCUT2D eigenvalue weighted by molar-refractivity contribution is 0.444. The number of halogens is 1. The highest BCUT2D eigenvalue weighted by molar-refractivity contribution is 5.87. The van der Waals surface area contributed by atoms with E-state index >= 15 is 0 Å². The Morgan fingerprint density at radius 2 is 1.92 bits per heavy atom. The molecule has 0 saturated carbocycles. The van der Waals surface area contributed by atoms with Crippen molar-refractivity contribution in [3.05, 3.63) is 66.4 Å². The minimum atomic E-state index is -0.514. The molecular formula is C19H15FN4O. The van der Waals surface area contributed by atoms with E-state index in [2.05, 4.69) is 15.2 Å². The second-order valence-corrected chi connectivity index (χ2v) is 5.79. The average Bonchev–Trinajstić information content (AvgIpc) is 3.05. The van der Waals surface area contributed by atoms with Crippen LogP contribution < -0.4 is 10.5 Å². The molecule has 0 fully saturated rings. The first kappa shape index (κ1) is 15.1. The van der Waals surface area contributed by atoms with Gasteiger partial charge in [-0.1, -0.05) is 6.07 Å². The summed E-state index contributed by atoms with van der Waals surface area (Å²) in [5, 5.41) is 7.85. The van der Waals surface area contributed by atoms with E-state index in [1.165, 1.54) is 12.1 Å². The van der Waals surface area contributed by atoms with Crippen molar-refractivity contribution in [1.82, 2.24) is 15.2 Å². The maximum absolute atomic E-state index is 14.1. The fourth-order valence-electron chi connectivity index (χ4n) is 2.63. The van der Waals surface area contributed by atoms with Gasteiger partial charge in [0.15, 0.2) is 11.6 Å². The van der Waals surface area contributed by atoms with Crippen LogP contribution in [0.1, 0.15) is 5.69 Å². The predicted molar refractivity (Wildman–Crippen MR) is 94.9 cm³/mol. The van der Waals surface area contributed by atoms with Crippen molar-refractivity contribution >= 4 is 16.6 Å². The lowest BCUT2D eigenvalue weighted by Gasteiger charge is -2.13. The quantitative estimate of drug-likeness (QED) is 0.543. The van der Waals surface area contributed by atoms with Crippen molar-refractivity contribution in [3.8, 4) is 22.6 Å². The van der Waals surface area contributed by atoms with E-state index in [0.717, 1.165) is 27.7 Å². The van der Waals surface area contributed by atoms with Crippen molar-refractivity contribution < 1.29 is 9.13 Å². The van der Waals surface area contributed by atoms with Crippen LogP contribution in [0.25, 0.3) is 22.0 Å². The number of nitrogen functional groups attached to an aromatic ring is 1. The molecule has 2 heterocycles. The maximum Gasteiger partial charge on any atom is 0.167 e. The number of nitrogens with one attached hydrogen (secondary N) is 1. The van der Waals surface area contributed by atoms with Gasteiger partial charge >= 0.3 is 0 Å². The van der Waals surface area contributed by atoms with Crippen LogP contribution in [-0.4, -0.2) is 15.2 Å². The molecule has 25 heavy (non-hydrogen) atoms.